The molecule has 13 heteroatoms. The zero-order valence-corrected chi connectivity index (χ0v) is 19.3. The molecule has 0 radical (unpaired) electrons. The van der Waals surface area contributed by atoms with Gasteiger partial charge in [0.2, 0.25) is 0 Å². The quantitative estimate of drug-likeness (QED) is 0.328. The van der Waals surface area contributed by atoms with Crippen LogP contribution in [0.2, 0.25) is 5.02 Å². The zero-order valence-electron chi connectivity index (χ0n) is 18.6. The minimum atomic E-state index is -4.98. The topological polar surface area (TPSA) is 88.8 Å². The van der Waals surface area contributed by atoms with Crippen molar-refractivity contribution in [3.05, 3.63) is 79.9 Å². The Morgan fingerprint density at radius 1 is 1.20 bits per heavy atom. The van der Waals surface area contributed by atoms with Crippen molar-refractivity contribution in [3.63, 3.8) is 0 Å². The second-order valence-corrected chi connectivity index (χ2v) is 7.93. The summed E-state index contributed by atoms with van der Waals surface area (Å²) in [5, 5.41) is -0.259. The van der Waals surface area contributed by atoms with Crippen LogP contribution in [0.1, 0.15) is 26.0 Å². The van der Waals surface area contributed by atoms with Gasteiger partial charge in [0.05, 0.1) is 10.7 Å². The number of hydrogen-bond donors (Lipinski definition) is 0. The van der Waals surface area contributed by atoms with Crippen LogP contribution in [0.15, 0.2) is 52.1 Å². The number of benzene rings is 1. The van der Waals surface area contributed by atoms with Gasteiger partial charge in [-0.3, -0.25) is 14.2 Å². The number of hydrogen-bond acceptors (Lipinski definition) is 6. The van der Waals surface area contributed by atoms with E-state index >= 15 is 0 Å². The molecular formula is C22H19ClF4N2O6. The molecule has 0 saturated carbocycles. The number of rotatable bonds is 6. The summed E-state index contributed by atoms with van der Waals surface area (Å²) < 4.78 is 60.7. The number of halogens is 5. The number of alkyl halides is 3. The minimum absolute atomic E-state index is 0.182. The van der Waals surface area contributed by atoms with E-state index in [9.17, 15) is 31.9 Å². The van der Waals surface area contributed by atoms with E-state index in [0.717, 1.165) is 26.1 Å². The average molecular weight is 519 g/mol. The van der Waals surface area contributed by atoms with Crippen LogP contribution in [0.3, 0.4) is 0 Å². The maximum absolute atomic E-state index is 14.8. The van der Waals surface area contributed by atoms with Crippen molar-refractivity contribution in [1.29, 1.82) is 0 Å². The van der Waals surface area contributed by atoms with Crippen LogP contribution in [-0.2, 0) is 27.8 Å². The molecule has 8 nitrogen and oxygen atoms in total. The Hall–Kier alpha value is -3.38. The van der Waals surface area contributed by atoms with Gasteiger partial charge in [0.25, 0.3) is 5.56 Å². The Balaban J connectivity index is 2.13. The van der Waals surface area contributed by atoms with Crippen LogP contribution in [0.5, 0.6) is 5.75 Å². The molecule has 2 aromatic rings. The molecule has 1 aromatic carbocycles. The molecule has 0 N–H and O–H groups in total. The highest BCUT2D eigenvalue weighted by Gasteiger charge is 2.41. The number of allylic oxidation sites excluding steroid dienone is 2. The molecule has 0 spiro atoms. The van der Waals surface area contributed by atoms with E-state index in [1.165, 1.54) is 6.08 Å². The zero-order chi connectivity index (χ0) is 26.1. The molecule has 188 valence electrons. The number of carbonyl (C=O) groups is 1. The summed E-state index contributed by atoms with van der Waals surface area (Å²) >= 11 is 6.15. The van der Waals surface area contributed by atoms with E-state index in [4.69, 9.17) is 21.2 Å². The van der Waals surface area contributed by atoms with E-state index in [1.54, 1.807) is 25.2 Å². The van der Waals surface area contributed by atoms with Gasteiger partial charge in [0, 0.05) is 26.1 Å². The summed E-state index contributed by atoms with van der Waals surface area (Å²) in [7, 11) is 0.800. The number of ether oxygens (including phenoxy) is 1. The molecule has 0 saturated heterocycles. The van der Waals surface area contributed by atoms with Gasteiger partial charge in [-0.15, -0.1) is 0 Å². The lowest BCUT2D eigenvalue weighted by molar-refractivity contribution is -0.305. The Bertz CT molecular complexity index is 1330. The molecule has 2 unspecified atom stereocenters. The lowest BCUT2D eigenvalue weighted by Gasteiger charge is -2.36. The van der Waals surface area contributed by atoms with E-state index < -0.39 is 52.3 Å². The Morgan fingerprint density at radius 2 is 1.89 bits per heavy atom. The van der Waals surface area contributed by atoms with Crippen molar-refractivity contribution in [2.24, 2.45) is 7.05 Å². The SMILES string of the molecule is CCC1(Oc2cc(-n3c(=O)cc(C(F)(F)F)n(C)c3=O)c(F)cc2Cl)C=CC=CC1OOC(C)=O. The van der Waals surface area contributed by atoms with Crippen molar-refractivity contribution >= 4 is 17.6 Å². The maximum atomic E-state index is 14.8. The lowest BCUT2D eigenvalue weighted by atomic mass is 9.89. The molecule has 2 atom stereocenters. The molecule has 0 fully saturated rings. The van der Waals surface area contributed by atoms with Crippen molar-refractivity contribution in [1.82, 2.24) is 9.13 Å². The fourth-order valence-electron chi connectivity index (χ4n) is 3.45. The summed E-state index contributed by atoms with van der Waals surface area (Å²) in [5.74, 6) is -2.09. The standard InChI is InChI=1S/C22H19ClF4N2O6/c1-4-21(8-6-5-7-18(21)35-34-12(2)30)33-16-10-15(14(24)9-13(16)23)29-19(31)11-17(22(25,26)27)28(3)20(29)32/h5-11,18H,4H2,1-3H3. The first kappa shape index (κ1) is 26.2. The van der Waals surface area contributed by atoms with Crippen LogP contribution in [0.4, 0.5) is 17.6 Å². The van der Waals surface area contributed by atoms with Gasteiger partial charge in [0.15, 0.2) is 11.7 Å². The van der Waals surface area contributed by atoms with Crippen molar-refractivity contribution in [2.75, 3.05) is 0 Å². The molecule has 3 rings (SSSR count). The van der Waals surface area contributed by atoms with Gasteiger partial charge in [-0.2, -0.15) is 18.1 Å². The third kappa shape index (κ3) is 5.17. The molecule has 0 bridgehead atoms. The van der Waals surface area contributed by atoms with Crippen molar-refractivity contribution in [2.45, 2.75) is 38.1 Å². The minimum Gasteiger partial charge on any atom is -0.478 e. The summed E-state index contributed by atoms with van der Waals surface area (Å²) in [6.45, 7) is 2.84. The second-order valence-electron chi connectivity index (χ2n) is 7.52. The predicted octanol–water partition coefficient (Wildman–Crippen LogP) is 3.86. The monoisotopic (exact) mass is 518 g/mol. The van der Waals surface area contributed by atoms with Gasteiger partial charge in [-0.25, -0.2) is 18.5 Å². The van der Waals surface area contributed by atoms with Crippen LogP contribution in [-0.4, -0.2) is 26.8 Å². The van der Waals surface area contributed by atoms with Gasteiger partial charge in [-0.1, -0.05) is 30.7 Å². The molecule has 1 heterocycles. The third-order valence-electron chi connectivity index (χ3n) is 5.23. The van der Waals surface area contributed by atoms with Gasteiger partial charge < -0.3 is 4.74 Å². The molecule has 0 aliphatic heterocycles. The Labute approximate surface area is 200 Å². The first-order valence-electron chi connectivity index (χ1n) is 10.1. The smallest absolute Gasteiger partial charge is 0.431 e. The molecule has 1 aliphatic carbocycles. The van der Waals surface area contributed by atoms with Crippen molar-refractivity contribution in [3.8, 4) is 11.4 Å². The van der Waals surface area contributed by atoms with Crippen LogP contribution in [0.25, 0.3) is 5.69 Å². The van der Waals surface area contributed by atoms with Gasteiger partial charge >= 0.3 is 17.8 Å². The number of carbonyl (C=O) groups excluding carboxylic acids is 1. The highest BCUT2D eigenvalue weighted by atomic mass is 35.5. The predicted molar refractivity (Wildman–Crippen MR) is 116 cm³/mol. The molecular weight excluding hydrogens is 500 g/mol. The summed E-state index contributed by atoms with van der Waals surface area (Å²) in [6, 6.07) is 1.85. The Kier molecular flexibility index (Phi) is 7.27. The van der Waals surface area contributed by atoms with E-state index in [-0.39, 0.29) is 32.4 Å². The molecule has 1 aromatic heterocycles. The normalized spacial score (nSPS) is 19.6. The number of nitrogens with zero attached hydrogens (tertiary/aromatic N) is 2. The average Bonchev–Trinajstić information content (AvgIpc) is 2.77. The number of aromatic nitrogens is 2. The highest BCUT2D eigenvalue weighted by molar-refractivity contribution is 6.32. The van der Waals surface area contributed by atoms with Crippen LogP contribution < -0.4 is 16.0 Å². The van der Waals surface area contributed by atoms with Crippen LogP contribution >= 0.6 is 11.6 Å². The Morgan fingerprint density at radius 3 is 2.49 bits per heavy atom. The van der Waals surface area contributed by atoms with Crippen LogP contribution in [0, 0.1) is 5.82 Å². The van der Waals surface area contributed by atoms with E-state index in [2.05, 4.69) is 4.89 Å². The largest absolute Gasteiger partial charge is 0.478 e. The first-order valence-corrected chi connectivity index (χ1v) is 10.5. The van der Waals surface area contributed by atoms with E-state index in [1.807, 2.05) is 0 Å². The first-order chi connectivity index (χ1) is 16.3. The molecule has 1 aliphatic rings. The molecule has 35 heavy (non-hydrogen) atoms. The van der Waals surface area contributed by atoms with Gasteiger partial charge in [0.1, 0.15) is 17.3 Å². The fourth-order valence-corrected chi connectivity index (χ4v) is 3.64. The molecule has 0 amide bonds. The fraction of sp³-hybridized carbons (Fsp3) is 0.318. The van der Waals surface area contributed by atoms with Gasteiger partial charge in [-0.05, 0) is 24.6 Å². The third-order valence-corrected chi connectivity index (χ3v) is 5.53. The summed E-state index contributed by atoms with van der Waals surface area (Å²) in [5.41, 5.74) is -6.33. The lowest BCUT2D eigenvalue weighted by Crippen LogP contribution is -2.47. The summed E-state index contributed by atoms with van der Waals surface area (Å²) in [6.07, 6.45) is 0.604. The summed E-state index contributed by atoms with van der Waals surface area (Å²) in [4.78, 5) is 46.0. The van der Waals surface area contributed by atoms with E-state index in [0.29, 0.717) is 0 Å². The second kappa shape index (κ2) is 9.70. The highest BCUT2D eigenvalue weighted by Crippen LogP contribution is 2.37. The maximum Gasteiger partial charge on any atom is 0.431 e. The van der Waals surface area contributed by atoms with Crippen molar-refractivity contribution < 1.29 is 36.9 Å².